The number of ether oxygens (including phenoxy) is 1. The van der Waals surface area contributed by atoms with Crippen LogP contribution >= 0.6 is 0 Å². The summed E-state index contributed by atoms with van der Waals surface area (Å²) in [5.74, 6) is 1.78. The molecular weight excluding hydrogens is 304 g/mol. The molecule has 1 amide bonds. The van der Waals surface area contributed by atoms with Crippen LogP contribution < -0.4 is 9.64 Å². The quantitative estimate of drug-likeness (QED) is 0.829. The molecule has 2 aliphatic rings. The van der Waals surface area contributed by atoms with Crippen LogP contribution in [-0.4, -0.2) is 53.6 Å². The van der Waals surface area contributed by atoms with Crippen LogP contribution in [0.3, 0.4) is 0 Å². The van der Waals surface area contributed by atoms with Gasteiger partial charge in [0.05, 0.1) is 7.11 Å². The lowest BCUT2D eigenvalue weighted by atomic mass is 9.94. The predicted octanol–water partition coefficient (Wildman–Crippen LogP) is 2.49. The minimum Gasteiger partial charge on any atom is -0.481 e. The number of piperidine rings is 1. The Balaban J connectivity index is 1.58. The lowest BCUT2D eigenvalue weighted by molar-refractivity contribution is -0.138. The van der Waals surface area contributed by atoms with Crippen LogP contribution in [0.1, 0.15) is 45.4 Å². The lowest BCUT2D eigenvalue weighted by Crippen LogP contribution is -2.46. The van der Waals surface area contributed by atoms with Gasteiger partial charge in [0.2, 0.25) is 17.7 Å². The molecule has 0 spiro atoms. The van der Waals surface area contributed by atoms with Gasteiger partial charge in [0.1, 0.15) is 0 Å². The van der Waals surface area contributed by atoms with Crippen LogP contribution in [0.15, 0.2) is 12.3 Å². The van der Waals surface area contributed by atoms with Gasteiger partial charge in [-0.3, -0.25) is 4.79 Å². The molecule has 1 aromatic rings. The highest BCUT2D eigenvalue weighted by atomic mass is 16.5. The summed E-state index contributed by atoms with van der Waals surface area (Å²) in [7, 11) is 1.61. The first kappa shape index (κ1) is 17.0. The number of carbonyl (C=O) groups excluding carboxylic acids is 1. The van der Waals surface area contributed by atoms with E-state index in [9.17, 15) is 4.79 Å². The van der Waals surface area contributed by atoms with Crippen molar-refractivity contribution < 1.29 is 9.53 Å². The fraction of sp³-hybridized carbons (Fsp3) is 0.722. The molecular formula is C18H28N4O2. The van der Waals surface area contributed by atoms with Gasteiger partial charge in [-0.1, -0.05) is 12.8 Å². The monoisotopic (exact) mass is 332 g/mol. The summed E-state index contributed by atoms with van der Waals surface area (Å²) >= 11 is 0. The molecule has 2 fully saturated rings. The Morgan fingerprint density at radius 2 is 2.00 bits per heavy atom. The fourth-order valence-corrected chi connectivity index (χ4v) is 3.97. The zero-order valence-electron chi connectivity index (χ0n) is 14.8. The molecule has 3 rings (SSSR count). The van der Waals surface area contributed by atoms with Crippen molar-refractivity contribution in [3.05, 3.63) is 12.3 Å². The molecule has 6 heteroatoms. The number of amides is 1. The van der Waals surface area contributed by atoms with Crippen molar-refractivity contribution in [3.63, 3.8) is 0 Å². The largest absolute Gasteiger partial charge is 0.481 e. The summed E-state index contributed by atoms with van der Waals surface area (Å²) in [5, 5.41) is 0. The summed E-state index contributed by atoms with van der Waals surface area (Å²) in [5.41, 5.74) is 0. The molecule has 0 radical (unpaired) electrons. The number of hydrogen-bond donors (Lipinski definition) is 0. The van der Waals surface area contributed by atoms with Gasteiger partial charge in [-0.25, -0.2) is 4.98 Å². The van der Waals surface area contributed by atoms with Crippen LogP contribution in [0, 0.1) is 5.92 Å². The fourth-order valence-electron chi connectivity index (χ4n) is 3.97. The Hall–Kier alpha value is -1.85. The van der Waals surface area contributed by atoms with Crippen LogP contribution in [0.2, 0.25) is 0 Å². The molecule has 1 saturated heterocycles. The van der Waals surface area contributed by atoms with Crippen molar-refractivity contribution in [2.75, 3.05) is 31.6 Å². The third-order valence-electron chi connectivity index (χ3n) is 5.34. The number of nitrogens with zero attached hydrogens (tertiary/aromatic N) is 4. The highest BCUT2D eigenvalue weighted by molar-refractivity contribution is 5.79. The smallest absolute Gasteiger partial charge is 0.228 e. The predicted molar refractivity (Wildman–Crippen MR) is 93.2 cm³/mol. The van der Waals surface area contributed by atoms with E-state index in [1.165, 1.54) is 25.7 Å². The minimum absolute atomic E-state index is 0.146. The Morgan fingerprint density at radius 3 is 2.62 bits per heavy atom. The molecule has 0 unspecified atom stereocenters. The average molecular weight is 332 g/mol. The molecule has 6 nitrogen and oxygen atoms in total. The normalized spacial score (nSPS) is 19.5. The van der Waals surface area contributed by atoms with Crippen LogP contribution in [0.5, 0.6) is 5.88 Å². The van der Waals surface area contributed by atoms with Gasteiger partial charge in [0.25, 0.3) is 0 Å². The lowest BCUT2D eigenvalue weighted by Gasteiger charge is -2.36. The van der Waals surface area contributed by atoms with E-state index in [-0.39, 0.29) is 5.92 Å². The van der Waals surface area contributed by atoms with Gasteiger partial charge in [-0.05, 0) is 32.6 Å². The molecule has 0 aromatic carbocycles. The number of aromatic nitrogens is 2. The maximum absolute atomic E-state index is 12.9. The third-order valence-corrected chi connectivity index (χ3v) is 5.34. The van der Waals surface area contributed by atoms with Crippen molar-refractivity contribution >= 4 is 11.9 Å². The van der Waals surface area contributed by atoms with E-state index >= 15 is 0 Å². The molecule has 24 heavy (non-hydrogen) atoms. The van der Waals surface area contributed by atoms with E-state index in [0.717, 1.165) is 32.5 Å². The van der Waals surface area contributed by atoms with E-state index < -0.39 is 0 Å². The van der Waals surface area contributed by atoms with Gasteiger partial charge in [-0.2, -0.15) is 4.98 Å². The molecule has 132 valence electrons. The summed E-state index contributed by atoms with van der Waals surface area (Å²) in [6, 6.07) is 2.22. The van der Waals surface area contributed by atoms with Crippen LogP contribution in [-0.2, 0) is 4.79 Å². The molecule has 1 aromatic heterocycles. The second-order valence-electron chi connectivity index (χ2n) is 6.72. The number of anilines is 1. The molecule has 1 aliphatic carbocycles. The molecule has 0 bridgehead atoms. The maximum Gasteiger partial charge on any atom is 0.228 e. The first-order valence-electron chi connectivity index (χ1n) is 9.15. The molecule has 2 heterocycles. The zero-order valence-corrected chi connectivity index (χ0v) is 14.8. The number of methoxy groups -OCH3 is 1. The van der Waals surface area contributed by atoms with Gasteiger partial charge >= 0.3 is 0 Å². The maximum atomic E-state index is 12.9. The Morgan fingerprint density at radius 1 is 1.29 bits per heavy atom. The Labute approximate surface area is 144 Å². The number of rotatable bonds is 5. The topological polar surface area (TPSA) is 58.6 Å². The van der Waals surface area contributed by atoms with Crippen molar-refractivity contribution in [1.82, 2.24) is 14.9 Å². The second kappa shape index (κ2) is 7.81. The number of carbonyl (C=O) groups is 1. The number of hydrogen-bond acceptors (Lipinski definition) is 5. The molecule has 0 atom stereocenters. The van der Waals surface area contributed by atoms with E-state index in [1.807, 2.05) is 0 Å². The van der Waals surface area contributed by atoms with Gasteiger partial charge in [-0.15, -0.1) is 0 Å². The van der Waals surface area contributed by atoms with E-state index in [2.05, 4.69) is 26.7 Å². The zero-order chi connectivity index (χ0) is 16.9. The molecule has 1 saturated carbocycles. The third kappa shape index (κ3) is 3.62. The van der Waals surface area contributed by atoms with E-state index in [4.69, 9.17) is 4.74 Å². The molecule has 1 aliphatic heterocycles. The summed E-state index contributed by atoms with van der Waals surface area (Å²) < 4.78 is 5.17. The summed E-state index contributed by atoms with van der Waals surface area (Å²) in [6.45, 7) is 4.59. The highest BCUT2D eigenvalue weighted by Gasteiger charge is 2.32. The van der Waals surface area contributed by atoms with Crippen molar-refractivity contribution in [1.29, 1.82) is 0 Å². The van der Waals surface area contributed by atoms with Crippen LogP contribution in [0.4, 0.5) is 5.95 Å². The first-order chi connectivity index (χ1) is 11.7. The van der Waals surface area contributed by atoms with Crippen molar-refractivity contribution in [2.45, 2.75) is 51.5 Å². The Kier molecular flexibility index (Phi) is 5.53. The van der Waals surface area contributed by atoms with E-state index in [0.29, 0.717) is 23.8 Å². The highest BCUT2D eigenvalue weighted by Crippen LogP contribution is 2.28. The summed E-state index contributed by atoms with van der Waals surface area (Å²) in [4.78, 5) is 25.9. The standard InChI is InChI=1S/C18H28N4O2/c1-3-22(15-6-4-5-7-15)17(23)14-9-12-21(13-10-14)18-19-11-8-16(20-18)24-2/h8,11,14-15H,3-7,9-10,12-13H2,1-2H3. The summed E-state index contributed by atoms with van der Waals surface area (Å²) in [6.07, 6.45) is 8.36. The van der Waals surface area contributed by atoms with Crippen LogP contribution in [0.25, 0.3) is 0 Å². The van der Waals surface area contributed by atoms with Gasteiger partial charge in [0, 0.05) is 43.9 Å². The average Bonchev–Trinajstić information content (AvgIpc) is 3.17. The second-order valence-corrected chi connectivity index (χ2v) is 6.72. The van der Waals surface area contributed by atoms with Gasteiger partial charge < -0.3 is 14.5 Å². The van der Waals surface area contributed by atoms with Gasteiger partial charge in [0.15, 0.2) is 0 Å². The molecule has 0 N–H and O–H groups in total. The van der Waals surface area contributed by atoms with E-state index in [1.54, 1.807) is 19.4 Å². The Bertz CT molecular complexity index is 552. The minimum atomic E-state index is 0.146. The SMILES string of the molecule is CCN(C(=O)C1CCN(c2nccc(OC)n2)CC1)C1CCCC1. The van der Waals surface area contributed by atoms with Crippen molar-refractivity contribution in [2.24, 2.45) is 5.92 Å². The first-order valence-corrected chi connectivity index (χ1v) is 9.15. The van der Waals surface area contributed by atoms with Crippen molar-refractivity contribution in [3.8, 4) is 5.88 Å².